The van der Waals surface area contributed by atoms with Gasteiger partial charge in [-0.05, 0) is 62.7 Å². The normalized spacial score (nSPS) is 16.5. The molecule has 0 aliphatic carbocycles. The van der Waals surface area contributed by atoms with Gasteiger partial charge in [-0.25, -0.2) is 18.8 Å². The number of nitrogens with zero attached hydrogens (tertiary/aromatic N) is 2. The van der Waals surface area contributed by atoms with Crippen LogP contribution in [0.2, 0.25) is 5.02 Å². The number of hydrogen-bond donors (Lipinski definition) is 1. The molecule has 4 rings (SSSR count). The zero-order valence-electron chi connectivity index (χ0n) is 25.5. The number of ether oxygens (including phenoxy) is 4. The number of hydrogen-bond acceptors (Lipinski definition) is 9. The topological polar surface area (TPSA) is 146 Å². The second kappa shape index (κ2) is 15.5. The first-order valence-electron chi connectivity index (χ1n) is 13.8. The number of esters is 2. The number of carbonyl (C=O) groups excluding carboxylic acids is 3. The molecule has 1 fully saturated rings. The highest BCUT2D eigenvalue weighted by atomic mass is 35.5. The predicted molar refractivity (Wildman–Crippen MR) is 162 cm³/mol. The van der Waals surface area contributed by atoms with Crippen molar-refractivity contribution in [2.75, 3.05) is 33.9 Å². The van der Waals surface area contributed by atoms with Gasteiger partial charge in [-0.15, -0.1) is 0 Å². The molecule has 242 valence electrons. The number of aromatic amines is 1. The van der Waals surface area contributed by atoms with Crippen LogP contribution in [0.15, 0.2) is 64.4 Å². The van der Waals surface area contributed by atoms with E-state index in [-0.39, 0.29) is 42.4 Å². The van der Waals surface area contributed by atoms with Crippen LogP contribution in [0.1, 0.15) is 53.2 Å². The van der Waals surface area contributed by atoms with E-state index >= 15 is 0 Å². The number of benzene rings is 1. The van der Waals surface area contributed by atoms with Crippen LogP contribution in [0.4, 0.5) is 9.18 Å². The Bertz CT molecular complexity index is 1630. The van der Waals surface area contributed by atoms with Gasteiger partial charge in [0.25, 0.3) is 11.1 Å². The molecule has 3 heterocycles. The van der Waals surface area contributed by atoms with E-state index in [9.17, 15) is 28.4 Å². The van der Waals surface area contributed by atoms with Crippen molar-refractivity contribution < 1.29 is 37.7 Å². The second-order valence-corrected chi connectivity index (χ2v) is 11.3. The number of amides is 1. The van der Waals surface area contributed by atoms with E-state index in [1.54, 1.807) is 39.0 Å². The summed E-state index contributed by atoms with van der Waals surface area (Å²) in [6.07, 6.45) is 1.83. The molecule has 12 nitrogen and oxygen atoms in total. The van der Waals surface area contributed by atoms with Gasteiger partial charge in [0.15, 0.2) is 0 Å². The minimum absolute atomic E-state index is 0.0219. The molecule has 0 saturated carbocycles. The summed E-state index contributed by atoms with van der Waals surface area (Å²) in [5.41, 5.74) is -1.23. The van der Waals surface area contributed by atoms with Crippen molar-refractivity contribution in [3.05, 3.63) is 103 Å². The average Bonchev–Trinajstić information content (AvgIpc) is 3.21. The average molecular weight is 648 g/mol. The summed E-state index contributed by atoms with van der Waals surface area (Å²) >= 11 is 5.85. The SMILES string of the molecule is COC(=O)c1ccc[nH]c1=O.COC(=O)c1cccn(C[C@@H]2CN(C(=O)OC(C)(C)C)CCO[C@H]2c2ccc(Cl)c(F)c2)c1=O. The lowest BCUT2D eigenvalue weighted by molar-refractivity contribution is 0.0230. The highest BCUT2D eigenvalue weighted by Crippen LogP contribution is 2.32. The molecule has 1 aliphatic rings. The minimum atomic E-state index is -0.747. The predicted octanol–water partition coefficient (Wildman–Crippen LogP) is 4.21. The van der Waals surface area contributed by atoms with E-state index in [1.807, 2.05) is 0 Å². The third-order valence-electron chi connectivity index (χ3n) is 6.55. The van der Waals surface area contributed by atoms with Crippen LogP contribution in [0.5, 0.6) is 0 Å². The number of halogens is 2. The van der Waals surface area contributed by atoms with Gasteiger partial charge in [-0.3, -0.25) is 9.59 Å². The Labute approximate surface area is 263 Å². The fourth-order valence-electron chi connectivity index (χ4n) is 4.49. The summed E-state index contributed by atoms with van der Waals surface area (Å²) < 4.78 is 36.2. The number of rotatable bonds is 5. The summed E-state index contributed by atoms with van der Waals surface area (Å²) in [7, 11) is 2.43. The van der Waals surface area contributed by atoms with Crippen LogP contribution in [-0.2, 0) is 25.5 Å². The standard InChI is InChI=1S/C24H28ClFN2O6.C7H7NO3/c1-24(2,3)34-23(31)28-10-11-33-20(15-7-8-18(25)19(26)12-15)16(14-28)13-27-9-5-6-17(21(27)29)22(30)32-4;1-11-7(10)5-3-2-4-8-6(5)9/h5-9,12,16,20H,10-11,13-14H2,1-4H3;2-4H,1H3,(H,8,9)/t16-,20+;/m1./s1. The highest BCUT2D eigenvalue weighted by molar-refractivity contribution is 6.30. The Hall–Kier alpha value is -4.49. The molecule has 2 aromatic heterocycles. The lowest BCUT2D eigenvalue weighted by Crippen LogP contribution is -2.41. The van der Waals surface area contributed by atoms with Crippen LogP contribution in [0.3, 0.4) is 0 Å². The highest BCUT2D eigenvalue weighted by Gasteiger charge is 2.34. The molecule has 45 heavy (non-hydrogen) atoms. The van der Waals surface area contributed by atoms with Gasteiger partial charge >= 0.3 is 18.0 Å². The molecule has 0 radical (unpaired) electrons. The maximum absolute atomic E-state index is 14.2. The van der Waals surface area contributed by atoms with Gasteiger partial charge < -0.3 is 33.4 Å². The minimum Gasteiger partial charge on any atom is -0.465 e. The lowest BCUT2D eigenvalue weighted by atomic mass is 9.94. The molecule has 14 heteroatoms. The van der Waals surface area contributed by atoms with E-state index < -0.39 is 52.6 Å². The molecule has 0 bridgehead atoms. The number of H-pyrrole nitrogens is 1. The monoisotopic (exact) mass is 647 g/mol. The Kier molecular flexibility index (Phi) is 12.0. The number of methoxy groups -OCH3 is 2. The number of aromatic nitrogens is 2. The number of nitrogens with one attached hydrogen (secondary N) is 1. The van der Waals surface area contributed by atoms with Crippen molar-refractivity contribution in [3.8, 4) is 0 Å². The molecule has 3 aromatic rings. The van der Waals surface area contributed by atoms with E-state index in [0.29, 0.717) is 5.56 Å². The smallest absolute Gasteiger partial charge is 0.410 e. The zero-order valence-corrected chi connectivity index (χ0v) is 26.3. The molecular formula is C31H35ClFN3O9. The van der Waals surface area contributed by atoms with Gasteiger partial charge in [0, 0.05) is 37.9 Å². The fourth-order valence-corrected chi connectivity index (χ4v) is 4.61. The first kappa shape index (κ1) is 35.0. The lowest BCUT2D eigenvalue weighted by Gasteiger charge is -2.30. The summed E-state index contributed by atoms with van der Waals surface area (Å²) in [6, 6.07) is 10.3. The molecule has 1 N–H and O–H groups in total. The van der Waals surface area contributed by atoms with Crippen molar-refractivity contribution >= 4 is 29.6 Å². The summed E-state index contributed by atoms with van der Waals surface area (Å²) in [4.78, 5) is 63.2. The maximum Gasteiger partial charge on any atom is 0.410 e. The Morgan fingerprint density at radius 1 is 1.04 bits per heavy atom. The Balaban J connectivity index is 0.000000423. The van der Waals surface area contributed by atoms with Crippen molar-refractivity contribution in [1.29, 1.82) is 0 Å². The van der Waals surface area contributed by atoms with Crippen molar-refractivity contribution in [2.24, 2.45) is 5.92 Å². The Morgan fingerprint density at radius 3 is 2.33 bits per heavy atom. The van der Waals surface area contributed by atoms with Crippen molar-refractivity contribution in [2.45, 2.75) is 39.0 Å². The molecule has 1 saturated heterocycles. The first-order chi connectivity index (χ1) is 21.2. The Morgan fingerprint density at radius 2 is 1.71 bits per heavy atom. The third-order valence-corrected chi connectivity index (χ3v) is 6.85. The van der Waals surface area contributed by atoms with Gasteiger partial charge in [0.2, 0.25) is 0 Å². The molecule has 0 spiro atoms. The molecular weight excluding hydrogens is 613 g/mol. The van der Waals surface area contributed by atoms with Crippen LogP contribution in [0.25, 0.3) is 0 Å². The second-order valence-electron chi connectivity index (χ2n) is 10.9. The quantitative estimate of drug-likeness (QED) is 0.318. The molecule has 0 unspecified atom stereocenters. The van der Waals surface area contributed by atoms with Crippen molar-refractivity contribution in [1.82, 2.24) is 14.5 Å². The third kappa shape index (κ3) is 9.50. The van der Waals surface area contributed by atoms with Gasteiger partial charge in [0.1, 0.15) is 22.5 Å². The van der Waals surface area contributed by atoms with Crippen LogP contribution in [-0.4, -0.2) is 72.0 Å². The van der Waals surface area contributed by atoms with Gasteiger partial charge in [0.05, 0.1) is 32.0 Å². The summed E-state index contributed by atoms with van der Waals surface area (Å²) in [6.45, 7) is 6.03. The fraction of sp³-hybridized carbons (Fsp3) is 0.387. The van der Waals surface area contributed by atoms with E-state index in [0.717, 1.165) is 0 Å². The van der Waals surface area contributed by atoms with Crippen LogP contribution in [0, 0.1) is 11.7 Å². The molecule has 1 amide bonds. The van der Waals surface area contributed by atoms with E-state index in [1.165, 1.54) is 60.3 Å². The summed E-state index contributed by atoms with van der Waals surface area (Å²) in [5.74, 6) is -2.43. The van der Waals surface area contributed by atoms with E-state index in [4.69, 9.17) is 25.8 Å². The van der Waals surface area contributed by atoms with E-state index in [2.05, 4.69) is 9.72 Å². The van der Waals surface area contributed by atoms with Gasteiger partial charge in [-0.2, -0.15) is 0 Å². The largest absolute Gasteiger partial charge is 0.465 e. The number of carbonyl (C=O) groups is 3. The van der Waals surface area contributed by atoms with Crippen LogP contribution < -0.4 is 11.1 Å². The molecule has 1 aliphatic heterocycles. The van der Waals surface area contributed by atoms with Crippen molar-refractivity contribution in [3.63, 3.8) is 0 Å². The molecule has 1 aromatic carbocycles. The number of pyridine rings is 2. The van der Waals surface area contributed by atoms with Gasteiger partial charge in [-0.1, -0.05) is 17.7 Å². The maximum atomic E-state index is 14.2. The molecule has 2 atom stereocenters. The first-order valence-corrected chi connectivity index (χ1v) is 14.2. The summed E-state index contributed by atoms with van der Waals surface area (Å²) in [5, 5.41) is -0.0219. The zero-order chi connectivity index (χ0) is 33.3. The van der Waals surface area contributed by atoms with Crippen LogP contribution >= 0.6 is 11.6 Å².